The number of ether oxygens (including phenoxy) is 2. The lowest BCUT2D eigenvalue weighted by molar-refractivity contribution is -0.120. The fourth-order valence-corrected chi connectivity index (χ4v) is 2.52. The first-order valence-corrected chi connectivity index (χ1v) is 9.02. The molecular weight excluding hydrogens is 360 g/mol. The van der Waals surface area contributed by atoms with E-state index in [-0.39, 0.29) is 18.4 Å². The lowest BCUT2D eigenvalue weighted by atomic mass is 10.2. The fourth-order valence-electron chi connectivity index (χ4n) is 2.52. The zero-order chi connectivity index (χ0) is 20.5. The van der Waals surface area contributed by atoms with Crippen molar-refractivity contribution in [3.63, 3.8) is 0 Å². The molecule has 0 saturated heterocycles. The maximum atomic E-state index is 12.4. The molecule has 148 valence electrons. The molecule has 2 aromatic carbocycles. The van der Waals surface area contributed by atoms with Crippen LogP contribution in [0.4, 0.5) is 11.4 Å². The summed E-state index contributed by atoms with van der Waals surface area (Å²) in [5, 5.41) is 2.72. The number of benzene rings is 2. The van der Waals surface area contributed by atoms with Crippen LogP contribution in [0.2, 0.25) is 0 Å². The second-order valence-corrected chi connectivity index (χ2v) is 5.88. The molecule has 0 unspecified atom stereocenters. The van der Waals surface area contributed by atoms with E-state index in [1.54, 1.807) is 55.5 Å². The summed E-state index contributed by atoms with van der Waals surface area (Å²) in [4.78, 5) is 37.4. The average Bonchev–Trinajstić information content (AvgIpc) is 2.68. The number of carbonyl (C=O) groups excluding carboxylic acids is 3. The van der Waals surface area contributed by atoms with Gasteiger partial charge in [0.05, 0.1) is 18.8 Å². The van der Waals surface area contributed by atoms with Crippen LogP contribution in [-0.4, -0.2) is 37.5 Å². The number of nitrogens with one attached hydrogen (secondary N) is 1. The van der Waals surface area contributed by atoms with Gasteiger partial charge >= 0.3 is 5.97 Å². The van der Waals surface area contributed by atoms with Crippen molar-refractivity contribution < 1.29 is 23.9 Å². The predicted octanol–water partition coefficient (Wildman–Crippen LogP) is 3.25. The van der Waals surface area contributed by atoms with Crippen LogP contribution in [0.25, 0.3) is 0 Å². The highest BCUT2D eigenvalue weighted by molar-refractivity contribution is 6.02. The summed E-state index contributed by atoms with van der Waals surface area (Å²) in [6.07, 6.45) is 0. The third-order valence-electron chi connectivity index (χ3n) is 3.82. The van der Waals surface area contributed by atoms with Gasteiger partial charge in [0, 0.05) is 18.3 Å². The van der Waals surface area contributed by atoms with Crippen LogP contribution in [-0.2, 0) is 14.3 Å². The average molecular weight is 384 g/mol. The second-order valence-electron chi connectivity index (χ2n) is 5.88. The standard InChI is InChI=1S/C21H24N2O5/c1-4-27-19-12-10-18(11-13-19)23(15(3)24)14-20(25)22-17-8-6-16(7-9-17)21(26)28-5-2/h6-13H,4-5,14H2,1-3H3,(H,22,25). The summed E-state index contributed by atoms with van der Waals surface area (Å²) in [6.45, 7) is 5.73. The van der Waals surface area contributed by atoms with Gasteiger partial charge in [-0.25, -0.2) is 4.79 Å². The van der Waals surface area contributed by atoms with Crippen LogP contribution < -0.4 is 15.0 Å². The van der Waals surface area contributed by atoms with Crippen LogP contribution in [0, 0.1) is 0 Å². The zero-order valence-corrected chi connectivity index (χ0v) is 16.2. The lowest BCUT2D eigenvalue weighted by Gasteiger charge is -2.21. The van der Waals surface area contributed by atoms with E-state index in [2.05, 4.69) is 5.32 Å². The van der Waals surface area contributed by atoms with E-state index in [0.29, 0.717) is 35.9 Å². The van der Waals surface area contributed by atoms with Gasteiger partial charge < -0.3 is 19.7 Å². The molecule has 0 atom stereocenters. The van der Waals surface area contributed by atoms with Gasteiger partial charge in [0.15, 0.2) is 0 Å². The Morgan fingerprint density at radius 2 is 1.57 bits per heavy atom. The SMILES string of the molecule is CCOC(=O)c1ccc(NC(=O)CN(C(C)=O)c2ccc(OCC)cc2)cc1. The molecule has 2 rings (SSSR count). The lowest BCUT2D eigenvalue weighted by Crippen LogP contribution is -2.36. The number of amides is 2. The highest BCUT2D eigenvalue weighted by atomic mass is 16.5. The molecule has 0 radical (unpaired) electrons. The summed E-state index contributed by atoms with van der Waals surface area (Å²) in [5.74, 6) is -0.329. The highest BCUT2D eigenvalue weighted by Gasteiger charge is 2.16. The summed E-state index contributed by atoms with van der Waals surface area (Å²) < 4.78 is 10.3. The highest BCUT2D eigenvalue weighted by Crippen LogP contribution is 2.20. The van der Waals surface area contributed by atoms with Crippen molar-refractivity contribution in [2.75, 3.05) is 30.0 Å². The molecule has 0 heterocycles. The van der Waals surface area contributed by atoms with E-state index >= 15 is 0 Å². The van der Waals surface area contributed by atoms with E-state index < -0.39 is 5.97 Å². The fraction of sp³-hybridized carbons (Fsp3) is 0.286. The number of anilines is 2. The van der Waals surface area contributed by atoms with Crippen molar-refractivity contribution in [2.24, 2.45) is 0 Å². The number of hydrogen-bond acceptors (Lipinski definition) is 5. The number of nitrogens with zero attached hydrogens (tertiary/aromatic N) is 1. The smallest absolute Gasteiger partial charge is 0.338 e. The Hall–Kier alpha value is -3.35. The normalized spacial score (nSPS) is 10.1. The minimum atomic E-state index is -0.418. The minimum absolute atomic E-state index is 0.136. The van der Waals surface area contributed by atoms with Crippen LogP contribution in [0.15, 0.2) is 48.5 Å². The van der Waals surface area contributed by atoms with E-state index in [9.17, 15) is 14.4 Å². The molecule has 2 aromatic rings. The monoisotopic (exact) mass is 384 g/mol. The molecular formula is C21H24N2O5. The van der Waals surface area contributed by atoms with Crippen LogP contribution in [0.5, 0.6) is 5.75 Å². The van der Waals surface area contributed by atoms with Crippen molar-refractivity contribution >= 4 is 29.2 Å². The Balaban J connectivity index is 2.02. The quantitative estimate of drug-likeness (QED) is 0.706. The van der Waals surface area contributed by atoms with Gasteiger partial charge in [-0.2, -0.15) is 0 Å². The van der Waals surface area contributed by atoms with Crippen LogP contribution in [0.1, 0.15) is 31.1 Å². The molecule has 0 fully saturated rings. The van der Waals surface area contributed by atoms with Crippen molar-refractivity contribution in [3.8, 4) is 5.75 Å². The molecule has 0 saturated carbocycles. The topological polar surface area (TPSA) is 84.9 Å². The Bertz CT molecular complexity index is 816. The summed E-state index contributed by atoms with van der Waals surface area (Å²) in [5.41, 5.74) is 1.52. The maximum absolute atomic E-state index is 12.4. The molecule has 0 aliphatic carbocycles. The Morgan fingerprint density at radius 3 is 2.11 bits per heavy atom. The minimum Gasteiger partial charge on any atom is -0.494 e. The Labute approximate surface area is 164 Å². The number of rotatable bonds is 8. The van der Waals surface area contributed by atoms with Crippen molar-refractivity contribution in [1.29, 1.82) is 0 Å². The maximum Gasteiger partial charge on any atom is 0.338 e. The third-order valence-corrected chi connectivity index (χ3v) is 3.82. The van der Waals surface area contributed by atoms with E-state index in [1.807, 2.05) is 6.92 Å². The second kappa shape index (κ2) is 10.1. The zero-order valence-electron chi connectivity index (χ0n) is 16.2. The summed E-state index contributed by atoms with van der Waals surface area (Å²) in [7, 11) is 0. The Kier molecular flexibility index (Phi) is 7.56. The first-order chi connectivity index (χ1) is 13.4. The van der Waals surface area contributed by atoms with E-state index in [0.717, 1.165) is 0 Å². The van der Waals surface area contributed by atoms with Crippen LogP contribution >= 0.6 is 0 Å². The molecule has 7 heteroatoms. The molecule has 0 spiro atoms. The van der Waals surface area contributed by atoms with E-state index in [1.165, 1.54) is 11.8 Å². The van der Waals surface area contributed by atoms with Gasteiger partial charge in [0.25, 0.3) is 0 Å². The van der Waals surface area contributed by atoms with E-state index in [4.69, 9.17) is 9.47 Å². The van der Waals surface area contributed by atoms with Crippen molar-refractivity contribution in [1.82, 2.24) is 0 Å². The van der Waals surface area contributed by atoms with Gasteiger partial charge in [-0.15, -0.1) is 0 Å². The number of hydrogen-bond donors (Lipinski definition) is 1. The van der Waals surface area contributed by atoms with Crippen molar-refractivity contribution in [3.05, 3.63) is 54.1 Å². The molecule has 7 nitrogen and oxygen atoms in total. The van der Waals surface area contributed by atoms with Crippen molar-refractivity contribution in [2.45, 2.75) is 20.8 Å². The molecule has 0 aliphatic heterocycles. The molecule has 0 aromatic heterocycles. The van der Waals surface area contributed by atoms with Crippen LogP contribution in [0.3, 0.4) is 0 Å². The van der Waals surface area contributed by atoms with Gasteiger partial charge in [0.1, 0.15) is 12.3 Å². The third kappa shape index (κ3) is 5.84. The summed E-state index contributed by atoms with van der Waals surface area (Å²) >= 11 is 0. The summed E-state index contributed by atoms with van der Waals surface area (Å²) in [6, 6.07) is 13.3. The molecule has 0 bridgehead atoms. The van der Waals surface area contributed by atoms with Gasteiger partial charge in [-0.1, -0.05) is 0 Å². The number of esters is 1. The van der Waals surface area contributed by atoms with Gasteiger partial charge in [-0.05, 0) is 62.4 Å². The van der Waals surface area contributed by atoms with Gasteiger partial charge in [0.2, 0.25) is 11.8 Å². The first-order valence-electron chi connectivity index (χ1n) is 9.02. The molecule has 0 aliphatic rings. The Morgan fingerprint density at radius 1 is 0.929 bits per heavy atom. The van der Waals surface area contributed by atoms with Gasteiger partial charge in [-0.3, -0.25) is 9.59 Å². The first kappa shape index (κ1) is 21.0. The largest absolute Gasteiger partial charge is 0.494 e. The molecule has 2 amide bonds. The molecule has 1 N–H and O–H groups in total. The number of carbonyl (C=O) groups is 3. The predicted molar refractivity (Wildman–Crippen MR) is 107 cm³/mol. The molecule has 28 heavy (non-hydrogen) atoms.